The number of aromatic amines is 1. The molecule has 0 saturated heterocycles. The van der Waals surface area contributed by atoms with Crippen molar-refractivity contribution in [2.75, 3.05) is 12.4 Å². The van der Waals surface area contributed by atoms with E-state index in [0.717, 1.165) is 0 Å². The summed E-state index contributed by atoms with van der Waals surface area (Å²) in [6, 6.07) is -5.56. The average molecular weight is 460 g/mol. The lowest BCUT2D eigenvalue weighted by atomic mass is 10.1. The zero-order valence-electron chi connectivity index (χ0n) is 16.1. The number of carbonyl (C=O) groups excluding carboxylic acids is 3. The molecule has 0 radical (unpaired) electrons. The highest BCUT2D eigenvalue weighted by Gasteiger charge is 2.30. The van der Waals surface area contributed by atoms with Crippen LogP contribution in [0.3, 0.4) is 0 Å². The Balaban J connectivity index is 2.91. The van der Waals surface area contributed by atoms with E-state index in [1.807, 2.05) is 5.32 Å². The third-order valence-electron chi connectivity index (χ3n) is 3.96. The summed E-state index contributed by atoms with van der Waals surface area (Å²) in [6.07, 6.45) is 1.98. The first-order valence-electron chi connectivity index (χ1n) is 8.89. The summed E-state index contributed by atoms with van der Waals surface area (Å²) in [5, 5.41) is 33.4. The lowest BCUT2D eigenvalue weighted by Gasteiger charge is -2.23. The quantitative estimate of drug-likeness (QED) is 0.130. The van der Waals surface area contributed by atoms with Crippen molar-refractivity contribution in [2.45, 2.75) is 37.0 Å². The summed E-state index contributed by atoms with van der Waals surface area (Å²) in [5.74, 6) is -5.66. The van der Waals surface area contributed by atoms with Gasteiger partial charge in [-0.05, 0) is 0 Å². The van der Waals surface area contributed by atoms with Crippen LogP contribution in [0.15, 0.2) is 12.5 Å². The van der Waals surface area contributed by atoms with Crippen LogP contribution >= 0.6 is 12.6 Å². The minimum Gasteiger partial charge on any atom is -0.481 e. The number of nitrogens with zero attached hydrogens (tertiary/aromatic N) is 1. The van der Waals surface area contributed by atoms with Crippen LogP contribution in [0.5, 0.6) is 0 Å². The third-order valence-corrected chi connectivity index (χ3v) is 4.32. The number of nitrogens with one attached hydrogen (secondary N) is 4. The van der Waals surface area contributed by atoms with Crippen LogP contribution in [0.2, 0.25) is 0 Å². The van der Waals surface area contributed by atoms with Crippen molar-refractivity contribution in [1.29, 1.82) is 0 Å². The van der Waals surface area contributed by atoms with E-state index in [1.165, 1.54) is 12.5 Å². The molecule has 0 fully saturated rings. The molecule has 1 heterocycles. The maximum absolute atomic E-state index is 12.7. The van der Waals surface area contributed by atoms with E-state index in [4.69, 9.17) is 21.1 Å². The summed E-state index contributed by atoms with van der Waals surface area (Å²) in [6.45, 7) is -0.867. The molecular weight excluding hydrogens is 436 g/mol. The molecule has 1 aromatic heterocycles. The maximum atomic E-state index is 12.7. The van der Waals surface area contributed by atoms with Crippen LogP contribution < -0.4 is 21.7 Å². The van der Waals surface area contributed by atoms with E-state index >= 15 is 0 Å². The lowest BCUT2D eigenvalue weighted by Crippen LogP contribution is -2.58. The molecule has 0 aliphatic rings. The topological polar surface area (TPSA) is 237 Å². The predicted octanol–water partition coefficient (Wildman–Crippen LogP) is -3.78. The van der Waals surface area contributed by atoms with Gasteiger partial charge in [-0.15, -0.1) is 0 Å². The number of carboxylic acids is 2. The first kappa shape index (κ1) is 25.9. The minimum atomic E-state index is -1.58. The molecule has 31 heavy (non-hydrogen) atoms. The zero-order chi connectivity index (χ0) is 23.6. The van der Waals surface area contributed by atoms with Gasteiger partial charge in [-0.1, -0.05) is 0 Å². The Bertz CT molecular complexity index is 789. The van der Waals surface area contributed by atoms with E-state index < -0.39 is 66.9 Å². The summed E-state index contributed by atoms with van der Waals surface area (Å²) in [7, 11) is 0. The van der Waals surface area contributed by atoms with Gasteiger partial charge in [-0.25, -0.2) is 9.78 Å². The number of carboxylic acid groups (broad SMARTS) is 2. The standard InChI is InChI=1S/C16H24N6O8S/c17-8(2-12(24)25)13(26)20-9(1-7-3-18-6-19-7)14(27)22-11(5-31)15(28)21-10(4-23)16(29)30/h3,6,8-11,23,31H,1-2,4-5,17H2,(H,18,19)(H,20,26)(H,21,28)(H,22,27)(H,24,25)(H,29,30). The van der Waals surface area contributed by atoms with Crippen molar-refractivity contribution < 1.29 is 39.3 Å². The van der Waals surface area contributed by atoms with Gasteiger partial charge in [-0.2, -0.15) is 12.6 Å². The first-order chi connectivity index (χ1) is 14.6. The lowest BCUT2D eigenvalue weighted by molar-refractivity contribution is -0.143. The highest BCUT2D eigenvalue weighted by atomic mass is 32.1. The van der Waals surface area contributed by atoms with Crippen LogP contribution in [0.4, 0.5) is 0 Å². The summed E-state index contributed by atoms with van der Waals surface area (Å²) >= 11 is 3.96. The highest BCUT2D eigenvalue weighted by molar-refractivity contribution is 7.80. The Hall–Kier alpha value is -3.17. The number of rotatable bonds is 13. The second-order valence-corrected chi connectivity index (χ2v) is 6.74. The fourth-order valence-electron chi connectivity index (χ4n) is 2.31. The number of amides is 3. The van der Waals surface area contributed by atoms with Crippen molar-refractivity contribution >= 4 is 42.3 Å². The van der Waals surface area contributed by atoms with Crippen LogP contribution in [-0.2, 0) is 30.4 Å². The molecule has 3 amide bonds. The smallest absolute Gasteiger partial charge is 0.328 e. The van der Waals surface area contributed by atoms with Gasteiger partial charge in [0.25, 0.3) is 0 Å². The zero-order valence-corrected chi connectivity index (χ0v) is 17.0. The van der Waals surface area contributed by atoms with E-state index in [9.17, 15) is 24.0 Å². The number of carbonyl (C=O) groups is 5. The minimum absolute atomic E-state index is 0.0906. The molecule has 9 N–H and O–H groups in total. The van der Waals surface area contributed by atoms with E-state index in [0.29, 0.717) is 5.69 Å². The molecule has 0 spiro atoms. The van der Waals surface area contributed by atoms with Gasteiger partial charge in [-0.3, -0.25) is 19.2 Å². The SMILES string of the molecule is NC(CC(=O)O)C(=O)NC(Cc1cnc[nH]1)C(=O)NC(CS)C(=O)NC(CO)C(=O)O. The largest absolute Gasteiger partial charge is 0.481 e. The number of hydrogen-bond donors (Lipinski definition) is 9. The normalized spacial score (nSPS) is 14.5. The fraction of sp³-hybridized carbons (Fsp3) is 0.500. The van der Waals surface area contributed by atoms with Crippen molar-refractivity contribution in [3.8, 4) is 0 Å². The molecule has 4 atom stereocenters. The van der Waals surface area contributed by atoms with Crippen molar-refractivity contribution in [1.82, 2.24) is 25.9 Å². The van der Waals surface area contributed by atoms with E-state index in [-0.39, 0.29) is 12.2 Å². The molecule has 0 aliphatic carbocycles. The molecule has 14 nitrogen and oxygen atoms in total. The van der Waals surface area contributed by atoms with Gasteiger partial charge in [0.1, 0.15) is 18.1 Å². The average Bonchev–Trinajstić information content (AvgIpc) is 3.21. The summed E-state index contributed by atoms with van der Waals surface area (Å²) < 4.78 is 0. The molecule has 0 bridgehead atoms. The number of nitrogens with two attached hydrogens (primary N) is 1. The Morgan fingerprint density at radius 1 is 1.03 bits per heavy atom. The van der Waals surface area contributed by atoms with Gasteiger partial charge in [0.15, 0.2) is 0 Å². The van der Waals surface area contributed by atoms with E-state index in [2.05, 4.69) is 33.2 Å². The number of hydrogen-bond acceptors (Lipinski definition) is 9. The number of thiol groups is 1. The highest BCUT2D eigenvalue weighted by Crippen LogP contribution is 2.02. The molecular formula is C16H24N6O8S. The van der Waals surface area contributed by atoms with Gasteiger partial charge >= 0.3 is 11.9 Å². The molecule has 1 aromatic rings. The summed E-state index contributed by atoms with van der Waals surface area (Å²) in [5.41, 5.74) is 5.96. The second kappa shape index (κ2) is 12.5. The second-order valence-electron chi connectivity index (χ2n) is 6.37. The Kier molecular flexibility index (Phi) is 10.4. The molecule has 172 valence electrons. The van der Waals surface area contributed by atoms with Crippen LogP contribution in [0.1, 0.15) is 12.1 Å². The first-order valence-corrected chi connectivity index (χ1v) is 9.52. The fourth-order valence-corrected chi connectivity index (χ4v) is 2.57. The molecule has 0 aliphatic heterocycles. The number of aliphatic hydroxyl groups excluding tert-OH is 1. The van der Waals surface area contributed by atoms with E-state index in [1.54, 1.807) is 0 Å². The van der Waals surface area contributed by atoms with Crippen molar-refractivity contribution in [2.24, 2.45) is 5.73 Å². The Morgan fingerprint density at radius 3 is 2.10 bits per heavy atom. The number of aliphatic carboxylic acids is 2. The molecule has 4 unspecified atom stereocenters. The van der Waals surface area contributed by atoms with Gasteiger partial charge in [0.2, 0.25) is 17.7 Å². The molecule has 1 rings (SSSR count). The van der Waals surface area contributed by atoms with Crippen molar-refractivity contribution in [3.63, 3.8) is 0 Å². The summed E-state index contributed by atoms with van der Waals surface area (Å²) in [4.78, 5) is 65.4. The number of aliphatic hydroxyl groups is 1. The van der Waals surface area contributed by atoms with Gasteiger partial charge in [0, 0.05) is 24.1 Å². The monoisotopic (exact) mass is 460 g/mol. The van der Waals surface area contributed by atoms with Crippen LogP contribution in [-0.4, -0.2) is 91.5 Å². The van der Waals surface area contributed by atoms with Crippen LogP contribution in [0, 0.1) is 0 Å². The van der Waals surface area contributed by atoms with Gasteiger partial charge in [0.05, 0.1) is 25.4 Å². The number of H-pyrrole nitrogens is 1. The van der Waals surface area contributed by atoms with Crippen LogP contribution in [0.25, 0.3) is 0 Å². The Morgan fingerprint density at radius 2 is 1.61 bits per heavy atom. The Labute approximate surface area is 181 Å². The molecule has 0 saturated carbocycles. The van der Waals surface area contributed by atoms with Crippen molar-refractivity contribution in [3.05, 3.63) is 18.2 Å². The molecule has 15 heteroatoms. The maximum Gasteiger partial charge on any atom is 0.328 e. The number of aromatic nitrogens is 2. The number of imidazole rings is 1. The van der Waals surface area contributed by atoms with Gasteiger partial charge < -0.3 is 42.0 Å². The predicted molar refractivity (Wildman–Crippen MR) is 107 cm³/mol. The molecule has 0 aromatic carbocycles. The third kappa shape index (κ3) is 8.61.